The molecule has 0 heterocycles. The Balaban J connectivity index is 1.44. The Labute approximate surface area is 243 Å². The van der Waals surface area contributed by atoms with Crippen molar-refractivity contribution in [3.05, 3.63) is 118 Å². The fourth-order valence-electron chi connectivity index (χ4n) is 4.28. The minimum Gasteiger partial charge on any atom is -0.457 e. The van der Waals surface area contributed by atoms with Crippen molar-refractivity contribution in [2.45, 2.75) is 22.6 Å². The first-order chi connectivity index (χ1) is 19.7. The van der Waals surface area contributed by atoms with Gasteiger partial charge in [0.15, 0.2) is 12.6 Å². The lowest BCUT2D eigenvalue weighted by molar-refractivity contribution is 0.0823. The highest BCUT2D eigenvalue weighted by molar-refractivity contribution is 7.99. The van der Waals surface area contributed by atoms with Gasteiger partial charge in [-0.3, -0.25) is 19.2 Å². The second-order valence-electron chi connectivity index (χ2n) is 9.58. The van der Waals surface area contributed by atoms with E-state index in [4.69, 9.17) is 4.74 Å². The summed E-state index contributed by atoms with van der Waals surface area (Å²) in [6.07, 6.45) is 1.34. The Hall–Kier alpha value is -4.69. The fraction of sp³-hybridized carbons (Fsp3) is 0.152. The maximum Gasteiger partial charge on any atom is 0.254 e. The zero-order chi connectivity index (χ0) is 29.5. The number of hydrogen-bond donors (Lipinski definition) is 1. The maximum absolute atomic E-state index is 12.5. The average Bonchev–Trinajstić information content (AvgIpc) is 3.00. The van der Waals surface area contributed by atoms with Gasteiger partial charge in [-0.15, -0.1) is 0 Å². The van der Waals surface area contributed by atoms with E-state index in [2.05, 4.69) is 24.4 Å². The number of ether oxygens (including phenoxy) is 1. The van der Waals surface area contributed by atoms with Gasteiger partial charge in [-0.05, 0) is 71.8 Å². The molecule has 7 nitrogen and oxygen atoms in total. The van der Waals surface area contributed by atoms with Gasteiger partial charge in [-0.2, -0.15) is 0 Å². The van der Waals surface area contributed by atoms with Crippen LogP contribution in [-0.2, 0) is 0 Å². The Morgan fingerprint density at radius 3 is 1.93 bits per heavy atom. The Morgan fingerprint density at radius 2 is 1.34 bits per heavy atom. The molecular formula is C33H30N2O5S. The fourth-order valence-corrected chi connectivity index (χ4v) is 5.14. The van der Waals surface area contributed by atoms with Crippen LogP contribution < -0.4 is 10.1 Å². The van der Waals surface area contributed by atoms with Crippen molar-refractivity contribution in [1.29, 1.82) is 0 Å². The Morgan fingerprint density at radius 1 is 0.756 bits per heavy atom. The van der Waals surface area contributed by atoms with Gasteiger partial charge in [-0.1, -0.05) is 43.0 Å². The zero-order valence-electron chi connectivity index (χ0n) is 23.2. The van der Waals surface area contributed by atoms with Crippen LogP contribution in [0.4, 0.5) is 0 Å². The predicted octanol–water partition coefficient (Wildman–Crippen LogP) is 6.47. The molecule has 1 unspecified atom stereocenters. The van der Waals surface area contributed by atoms with E-state index in [9.17, 15) is 19.2 Å². The van der Waals surface area contributed by atoms with Crippen molar-refractivity contribution in [3.63, 3.8) is 0 Å². The summed E-state index contributed by atoms with van der Waals surface area (Å²) < 4.78 is 5.92. The van der Waals surface area contributed by atoms with Crippen molar-refractivity contribution >= 4 is 36.1 Å². The molecule has 4 aromatic rings. The molecule has 0 aliphatic heterocycles. The summed E-state index contributed by atoms with van der Waals surface area (Å²) in [5.41, 5.74) is 3.56. The molecule has 0 aromatic heterocycles. The number of nitrogens with zero attached hydrogens (tertiary/aromatic N) is 1. The minimum absolute atomic E-state index is 0.132. The molecule has 1 N–H and O–H groups in total. The molecule has 0 fully saturated rings. The van der Waals surface area contributed by atoms with E-state index in [1.807, 2.05) is 42.5 Å². The van der Waals surface area contributed by atoms with E-state index in [0.29, 0.717) is 40.8 Å². The number of aldehydes is 2. The first kappa shape index (κ1) is 29.3. The van der Waals surface area contributed by atoms with Gasteiger partial charge < -0.3 is 15.0 Å². The van der Waals surface area contributed by atoms with E-state index < -0.39 is 0 Å². The molecule has 208 valence electrons. The average molecular weight is 567 g/mol. The van der Waals surface area contributed by atoms with Crippen molar-refractivity contribution in [1.82, 2.24) is 10.2 Å². The van der Waals surface area contributed by atoms with E-state index in [1.165, 1.54) is 23.7 Å². The van der Waals surface area contributed by atoms with Crippen LogP contribution in [0.2, 0.25) is 0 Å². The standard InChI is InChI=1S/C33H30N2O5S/c1-21(22-5-10-26(11-6-22)40-27-12-16-30(32(38)34-2)25(17-27)20-37)23-7-13-28(14-8-23)41-29-15-9-24(19-36)31(18-29)33(39)35(3)4/h5-21H,1-4H3,(H,34,38). The summed E-state index contributed by atoms with van der Waals surface area (Å²) in [6, 6.07) is 26.1. The molecule has 0 saturated carbocycles. The van der Waals surface area contributed by atoms with Gasteiger partial charge in [0.2, 0.25) is 0 Å². The molecule has 41 heavy (non-hydrogen) atoms. The number of carbonyl (C=O) groups excluding carboxylic acids is 4. The second-order valence-corrected chi connectivity index (χ2v) is 10.7. The van der Waals surface area contributed by atoms with Crippen LogP contribution in [0, 0.1) is 0 Å². The molecule has 0 bridgehead atoms. The van der Waals surface area contributed by atoms with E-state index in [0.717, 1.165) is 20.9 Å². The first-order valence-corrected chi connectivity index (χ1v) is 13.7. The summed E-state index contributed by atoms with van der Waals surface area (Å²) in [7, 11) is 4.84. The number of nitrogens with one attached hydrogen (secondary N) is 1. The molecule has 0 aliphatic rings. The summed E-state index contributed by atoms with van der Waals surface area (Å²) in [5.74, 6) is 0.674. The lowest BCUT2D eigenvalue weighted by Gasteiger charge is -2.15. The third kappa shape index (κ3) is 6.91. The minimum atomic E-state index is -0.331. The van der Waals surface area contributed by atoms with Crippen LogP contribution in [0.3, 0.4) is 0 Å². The van der Waals surface area contributed by atoms with Gasteiger partial charge >= 0.3 is 0 Å². The predicted molar refractivity (Wildman–Crippen MR) is 160 cm³/mol. The van der Waals surface area contributed by atoms with E-state index >= 15 is 0 Å². The maximum atomic E-state index is 12.5. The molecule has 0 spiro atoms. The van der Waals surface area contributed by atoms with Crippen molar-refractivity contribution in [2.75, 3.05) is 21.1 Å². The second kappa shape index (κ2) is 13.1. The molecule has 0 aliphatic carbocycles. The van der Waals surface area contributed by atoms with Gasteiger partial charge in [0.25, 0.3) is 11.8 Å². The normalized spacial score (nSPS) is 11.3. The summed E-state index contributed by atoms with van der Waals surface area (Å²) in [5, 5.41) is 2.52. The van der Waals surface area contributed by atoms with Crippen molar-refractivity contribution in [2.24, 2.45) is 0 Å². The van der Waals surface area contributed by atoms with Gasteiger partial charge in [0, 0.05) is 48.0 Å². The van der Waals surface area contributed by atoms with Crippen LogP contribution in [-0.4, -0.2) is 50.4 Å². The highest BCUT2D eigenvalue weighted by Gasteiger charge is 2.15. The van der Waals surface area contributed by atoms with Gasteiger partial charge in [-0.25, -0.2) is 0 Å². The highest BCUT2D eigenvalue weighted by Crippen LogP contribution is 2.33. The number of amides is 2. The molecule has 4 aromatic carbocycles. The molecule has 8 heteroatoms. The van der Waals surface area contributed by atoms with Crippen LogP contribution in [0.1, 0.15) is 65.4 Å². The number of benzene rings is 4. The summed E-state index contributed by atoms with van der Waals surface area (Å²) in [6.45, 7) is 2.13. The van der Waals surface area contributed by atoms with Crippen LogP contribution in [0.15, 0.2) is 94.7 Å². The third-order valence-corrected chi connectivity index (χ3v) is 7.64. The van der Waals surface area contributed by atoms with Crippen LogP contribution in [0.5, 0.6) is 11.5 Å². The third-order valence-electron chi connectivity index (χ3n) is 6.64. The van der Waals surface area contributed by atoms with Gasteiger partial charge in [0.05, 0.1) is 11.1 Å². The number of rotatable bonds is 10. The molecule has 2 amide bonds. The quantitative estimate of drug-likeness (QED) is 0.221. The lowest BCUT2D eigenvalue weighted by Crippen LogP contribution is -2.23. The summed E-state index contributed by atoms with van der Waals surface area (Å²) in [4.78, 5) is 50.6. The molecule has 4 rings (SSSR count). The topological polar surface area (TPSA) is 92.8 Å². The van der Waals surface area contributed by atoms with Crippen LogP contribution in [0.25, 0.3) is 0 Å². The molecular weight excluding hydrogens is 536 g/mol. The molecule has 0 saturated heterocycles. The smallest absolute Gasteiger partial charge is 0.254 e. The Kier molecular flexibility index (Phi) is 9.37. The monoisotopic (exact) mass is 566 g/mol. The first-order valence-electron chi connectivity index (χ1n) is 12.9. The van der Waals surface area contributed by atoms with Crippen LogP contribution >= 0.6 is 11.8 Å². The largest absolute Gasteiger partial charge is 0.457 e. The van der Waals surface area contributed by atoms with Crippen molar-refractivity contribution < 1.29 is 23.9 Å². The number of carbonyl (C=O) groups is 4. The summed E-state index contributed by atoms with van der Waals surface area (Å²) >= 11 is 1.53. The zero-order valence-corrected chi connectivity index (χ0v) is 24.0. The lowest BCUT2D eigenvalue weighted by atomic mass is 9.93. The van der Waals surface area contributed by atoms with Crippen molar-refractivity contribution in [3.8, 4) is 11.5 Å². The molecule has 0 radical (unpaired) electrons. The Bertz CT molecular complexity index is 1580. The highest BCUT2D eigenvalue weighted by atomic mass is 32.2. The number of hydrogen-bond acceptors (Lipinski definition) is 6. The molecule has 1 atom stereocenters. The SMILES string of the molecule is CNC(=O)c1ccc(Oc2ccc(C(C)c3ccc(Sc4ccc(C=O)c(C(=O)N(C)C)c4)cc3)cc2)cc1C=O. The van der Waals surface area contributed by atoms with Gasteiger partial charge in [0.1, 0.15) is 11.5 Å². The van der Waals surface area contributed by atoms with E-state index in [1.54, 1.807) is 44.4 Å². The van der Waals surface area contributed by atoms with E-state index in [-0.39, 0.29) is 23.3 Å².